The Morgan fingerprint density at radius 1 is 1.32 bits per heavy atom. The number of ether oxygens (including phenoxy) is 1. The zero-order valence-corrected chi connectivity index (χ0v) is 14.0. The number of hydrogen-bond donors (Lipinski definition) is 1. The quantitative estimate of drug-likeness (QED) is 0.786. The lowest BCUT2D eigenvalue weighted by Gasteiger charge is -2.14. The fourth-order valence-electron chi connectivity index (χ4n) is 1.42. The Morgan fingerprint density at radius 3 is 2.50 bits per heavy atom. The maximum atomic E-state index is 12.1. The molecule has 9 heteroatoms. The van der Waals surface area contributed by atoms with Gasteiger partial charge < -0.3 is 10.1 Å². The second kappa shape index (κ2) is 7.57. The van der Waals surface area contributed by atoms with Crippen LogP contribution < -0.4 is 5.32 Å². The van der Waals surface area contributed by atoms with Crippen molar-refractivity contribution >= 4 is 39.2 Å². The minimum Gasteiger partial charge on any atom is -0.456 e. The molecule has 0 radical (unpaired) electrons. The number of carbonyl (C=O) groups excluding carboxylic acids is 2. The molecule has 0 aliphatic heterocycles. The summed E-state index contributed by atoms with van der Waals surface area (Å²) in [5.74, 6) is -1.07. The van der Waals surface area contributed by atoms with Crippen molar-refractivity contribution in [2.24, 2.45) is 0 Å². The Morgan fingerprint density at radius 2 is 1.95 bits per heavy atom. The van der Waals surface area contributed by atoms with Gasteiger partial charge in [0.25, 0.3) is 5.91 Å². The fraction of sp³-hybridized carbons (Fsp3) is 0.385. The molecule has 0 spiro atoms. The molecule has 1 amide bonds. The van der Waals surface area contributed by atoms with Crippen molar-refractivity contribution < 1.29 is 22.7 Å². The average Bonchev–Trinajstić information content (AvgIpc) is 2.46. The zero-order chi connectivity index (χ0) is 16.9. The van der Waals surface area contributed by atoms with Gasteiger partial charge in [-0.2, -0.15) is 0 Å². The van der Waals surface area contributed by atoms with Gasteiger partial charge in [-0.25, -0.2) is 12.7 Å². The average molecular weight is 349 g/mol. The molecule has 7 nitrogen and oxygen atoms in total. The molecule has 0 bridgehead atoms. The van der Waals surface area contributed by atoms with E-state index < -0.39 is 28.5 Å². The molecular formula is C13H17ClN2O5S. The van der Waals surface area contributed by atoms with E-state index in [4.69, 9.17) is 11.6 Å². The Labute approximate surface area is 134 Å². The Hall–Kier alpha value is -1.64. The molecule has 0 atom stereocenters. The normalized spacial score (nSPS) is 11.3. The molecule has 0 saturated carbocycles. The molecule has 1 rings (SSSR count). The van der Waals surface area contributed by atoms with Crippen molar-refractivity contribution in [2.45, 2.75) is 18.2 Å². The molecule has 0 aliphatic carbocycles. The number of benzene rings is 1. The maximum absolute atomic E-state index is 12.1. The minimum atomic E-state index is -3.73. The summed E-state index contributed by atoms with van der Waals surface area (Å²) in [6.07, 6.45) is 0.166. The number of rotatable bonds is 6. The van der Waals surface area contributed by atoms with Gasteiger partial charge in [0.05, 0.1) is 5.02 Å². The lowest BCUT2D eigenvalue weighted by atomic mass is 10.3. The highest BCUT2D eigenvalue weighted by molar-refractivity contribution is 7.89. The van der Waals surface area contributed by atoms with Gasteiger partial charge in [-0.3, -0.25) is 9.59 Å². The summed E-state index contributed by atoms with van der Waals surface area (Å²) >= 11 is 5.89. The molecule has 122 valence electrons. The van der Waals surface area contributed by atoms with Crippen molar-refractivity contribution in [2.75, 3.05) is 26.0 Å². The molecule has 22 heavy (non-hydrogen) atoms. The molecular weight excluding hydrogens is 332 g/mol. The summed E-state index contributed by atoms with van der Waals surface area (Å²) in [7, 11) is -0.979. The lowest BCUT2D eigenvalue weighted by molar-refractivity contribution is -0.146. The summed E-state index contributed by atoms with van der Waals surface area (Å²) in [5.41, 5.74) is 0.238. The van der Waals surface area contributed by atoms with Crippen molar-refractivity contribution in [1.29, 1.82) is 0 Å². The van der Waals surface area contributed by atoms with Gasteiger partial charge in [-0.05, 0) is 18.2 Å². The highest BCUT2D eigenvalue weighted by atomic mass is 35.5. The van der Waals surface area contributed by atoms with Crippen molar-refractivity contribution in [3.8, 4) is 0 Å². The van der Waals surface area contributed by atoms with E-state index in [1.54, 1.807) is 6.92 Å². The maximum Gasteiger partial charge on any atom is 0.306 e. The van der Waals surface area contributed by atoms with Gasteiger partial charge in [-0.15, -0.1) is 0 Å². The summed E-state index contributed by atoms with van der Waals surface area (Å²) < 4.78 is 29.9. The highest BCUT2D eigenvalue weighted by Gasteiger charge is 2.21. The molecule has 0 aromatic heterocycles. The number of anilines is 1. The number of halogens is 1. The molecule has 0 unspecified atom stereocenters. The summed E-state index contributed by atoms with van der Waals surface area (Å²) in [4.78, 5) is 22.5. The van der Waals surface area contributed by atoms with Crippen LogP contribution in [0.15, 0.2) is 23.1 Å². The van der Waals surface area contributed by atoms with Gasteiger partial charge in [-0.1, -0.05) is 18.5 Å². The molecule has 0 heterocycles. The number of esters is 1. The van der Waals surface area contributed by atoms with Gasteiger partial charge >= 0.3 is 5.97 Å². The predicted molar refractivity (Wildman–Crippen MR) is 82.2 cm³/mol. The van der Waals surface area contributed by atoms with Crippen LogP contribution in [0.25, 0.3) is 0 Å². The van der Waals surface area contributed by atoms with Crippen LogP contribution in [0, 0.1) is 0 Å². The van der Waals surface area contributed by atoms with E-state index in [-0.39, 0.29) is 22.0 Å². The zero-order valence-electron chi connectivity index (χ0n) is 12.4. The van der Waals surface area contributed by atoms with Crippen LogP contribution in [-0.4, -0.2) is 45.3 Å². The second-order valence-corrected chi connectivity index (χ2v) is 7.02. The summed E-state index contributed by atoms with van der Waals surface area (Å²) in [6, 6.07) is 4.07. The van der Waals surface area contributed by atoms with Crippen LogP contribution >= 0.6 is 11.6 Å². The van der Waals surface area contributed by atoms with E-state index in [1.807, 2.05) is 0 Å². The number of amides is 1. The van der Waals surface area contributed by atoms with E-state index >= 15 is 0 Å². The highest BCUT2D eigenvalue weighted by Crippen LogP contribution is 2.26. The fourth-order valence-corrected chi connectivity index (χ4v) is 2.81. The van der Waals surface area contributed by atoms with Crippen LogP contribution in [-0.2, 0) is 24.3 Å². The SMILES string of the molecule is CCC(=O)OCC(=O)Nc1ccc(Cl)c(S(=O)(=O)N(C)C)c1. The number of carbonyl (C=O) groups is 2. The first kappa shape index (κ1) is 18.4. The third kappa shape index (κ3) is 4.69. The summed E-state index contributed by atoms with van der Waals surface area (Å²) in [5, 5.41) is 2.49. The van der Waals surface area contributed by atoms with Crippen LogP contribution in [0.2, 0.25) is 5.02 Å². The molecule has 0 saturated heterocycles. The van der Waals surface area contributed by atoms with Crippen molar-refractivity contribution in [3.05, 3.63) is 23.2 Å². The minimum absolute atomic E-state index is 0.0455. The molecule has 1 aromatic rings. The van der Waals surface area contributed by atoms with Crippen LogP contribution in [0.5, 0.6) is 0 Å². The van der Waals surface area contributed by atoms with Crippen LogP contribution in [0.4, 0.5) is 5.69 Å². The van der Waals surface area contributed by atoms with E-state index in [0.717, 1.165) is 4.31 Å². The topological polar surface area (TPSA) is 92.8 Å². The first-order valence-electron chi connectivity index (χ1n) is 6.36. The number of nitrogens with zero attached hydrogens (tertiary/aromatic N) is 1. The summed E-state index contributed by atoms with van der Waals surface area (Å²) in [6.45, 7) is 1.17. The van der Waals surface area contributed by atoms with E-state index in [9.17, 15) is 18.0 Å². The first-order chi connectivity index (χ1) is 10.2. The van der Waals surface area contributed by atoms with Gasteiger partial charge in [0, 0.05) is 26.2 Å². The number of nitrogens with one attached hydrogen (secondary N) is 1. The first-order valence-corrected chi connectivity index (χ1v) is 8.17. The van der Waals surface area contributed by atoms with Crippen LogP contribution in [0.3, 0.4) is 0 Å². The molecule has 1 aromatic carbocycles. The predicted octanol–water partition coefficient (Wildman–Crippen LogP) is 1.48. The largest absolute Gasteiger partial charge is 0.456 e. The van der Waals surface area contributed by atoms with Gasteiger partial charge in [0.15, 0.2) is 6.61 Å². The van der Waals surface area contributed by atoms with Crippen molar-refractivity contribution in [3.63, 3.8) is 0 Å². The Kier molecular flexibility index (Phi) is 6.34. The van der Waals surface area contributed by atoms with E-state index in [2.05, 4.69) is 10.1 Å². The molecule has 0 fully saturated rings. The number of sulfonamides is 1. The van der Waals surface area contributed by atoms with Crippen LogP contribution in [0.1, 0.15) is 13.3 Å². The van der Waals surface area contributed by atoms with E-state index in [0.29, 0.717) is 0 Å². The second-order valence-electron chi connectivity index (χ2n) is 4.50. The standard InChI is InChI=1S/C13H17ClN2O5S/c1-4-13(18)21-8-12(17)15-9-5-6-10(14)11(7-9)22(19,20)16(2)3/h5-7H,4,8H2,1-3H3,(H,15,17). The molecule has 0 aliphatic rings. The van der Waals surface area contributed by atoms with Gasteiger partial charge in [0.1, 0.15) is 4.90 Å². The molecule has 1 N–H and O–H groups in total. The van der Waals surface area contributed by atoms with E-state index in [1.165, 1.54) is 32.3 Å². The Bertz CT molecular complexity index is 673. The third-order valence-corrected chi connectivity index (χ3v) is 4.92. The monoisotopic (exact) mass is 348 g/mol. The van der Waals surface area contributed by atoms with Crippen molar-refractivity contribution in [1.82, 2.24) is 4.31 Å². The lowest BCUT2D eigenvalue weighted by Crippen LogP contribution is -2.23. The van der Waals surface area contributed by atoms with Gasteiger partial charge in [0.2, 0.25) is 10.0 Å². The Balaban J connectivity index is 2.91. The smallest absolute Gasteiger partial charge is 0.306 e. The number of hydrogen-bond acceptors (Lipinski definition) is 5. The third-order valence-electron chi connectivity index (χ3n) is 2.63.